The van der Waals surface area contributed by atoms with Crippen molar-refractivity contribution in [3.8, 4) is 5.69 Å². The van der Waals surface area contributed by atoms with E-state index in [0.29, 0.717) is 10.9 Å². The standard InChI is InChI=1S/C10H9Cl2N3/c1-7-9(12)6-15(14-7)10-5-13-3-2-8(10)4-11/h2-3,5-6H,4H2,1H3. The molecule has 2 rings (SSSR count). The van der Waals surface area contributed by atoms with Gasteiger partial charge in [-0.1, -0.05) is 11.6 Å². The van der Waals surface area contributed by atoms with Crippen LogP contribution in [0, 0.1) is 6.92 Å². The molecule has 0 amide bonds. The minimum Gasteiger partial charge on any atom is -0.262 e. The third-order valence-electron chi connectivity index (χ3n) is 2.12. The molecule has 3 nitrogen and oxygen atoms in total. The molecule has 0 radical (unpaired) electrons. The first kappa shape index (κ1) is 10.5. The van der Waals surface area contributed by atoms with Gasteiger partial charge in [0.2, 0.25) is 0 Å². The van der Waals surface area contributed by atoms with Gasteiger partial charge in [-0.25, -0.2) is 4.68 Å². The monoisotopic (exact) mass is 241 g/mol. The van der Waals surface area contributed by atoms with Crippen LogP contribution in [-0.4, -0.2) is 14.8 Å². The minimum absolute atomic E-state index is 0.425. The maximum Gasteiger partial charge on any atom is 0.0873 e. The third kappa shape index (κ3) is 1.98. The van der Waals surface area contributed by atoms with Crippen LogP contribution in [0.1, 0.15) is 11.3 Å². The van der Waals surface area contributed by atoms with Crippen molar-refractivity contribution in [2.24, 2.45) is 0 Å². The lowest BCUT2D eigenvalue weighted by atomic mass is 10.2. The molecule has 0 aliphatic heterocycles. The number of nitrogens with zero attached hydrogens (tertiary/aromatic N) is 3. The molecular formula is C10H9Cl2N3. The highest BCUT2D eigenvalue weighted by molar-refractivity contribution is 6.31. The summed E-state index contributed by atoms with van der Waals surface area (Å²) in [6.45, 7) is 1.86. The molecule has 0 bridgehead atoms. The zero-order valence-electron chi connectivity index (χ0n) is 8.11. The van der Waals surface area contributed by atoms with E-state index in [1.807, 2.05) is 13.0 Å². The van der Waals surface area contributed by atoms with Gasteiger partial charge in [0.05, 0.1) is 22.6 Å². The fraction of sp³-hybridized carbons (Fsp3) is 0.200. The largest absolute Gasteiger partial charge is 0.262 e. The summed E-state index contributed by atoms with van der Waals surface area (Å²) >= 11 is 11.8. The molecule has 78 valence electrons. The number of rotatable bonds is 2. The molecule has 0 unspecified atom stereocenters. The summed E-state index contributed by atoms with van der Waals surface area (Å²) in [6.07, 6.45) is 5.18. The van der Waals surface area contributed by atoms with Gasteiger partial charge in [-0.15, -0.1) is 11.6 Å². The molecule has 0 saturated heterocycles. The Bertz CT molecular complexity index is 460. The molecule has 0 fully saturated rings. The Morgan fingerprint density at radius 3 is 2.87 bits per heavy atom. The Morgan fingerprint density at radius 1 is 1.47 bits per heavy atom. The highest BCUT2D eigenvalue weighted by Crippen LogP contribution is 2.19. The predicted octanol–water partition coefficient (Wildman–Crippen LogP) is 2.97. The van der Waals surface area contributed by atoms with Crippen LogP contribution >= 0.6 is 23.2 Å². The molecule has 0 spiro atoms. The molecule has 2 heterocycles. The minimum atomic E-state index is 0.425. The molecule has 2 aromatic heterocycles. The van der Waals surface area contributed by atoms with Gasteiger partial charge < -0.3 is 0 Å². The zero-order valence-corrected chi connectivity index (χ0v) is 9.63. The first-order chi connectivity index (χ1) is 7.22. The summed E-state index contributed by atoms with van der Waals surface area (Å²) in [6, 6.07) is 1.87. The number of hydrogen-bond acceptors (Lipinski definition) is 2. The average Bonchev–Trinajstić information content (AvgIpc) is 2.59. The number of pyridine rings is 1. The van der Waals surface area contributed by atoms with E-state index in [9.17, 15) is 0 Å². The van der Waals surface area contributed by atoms with E-state index in [1.165, 1.54) is 0 Å². The van der Waals surface area contributed by atoms with E-state index < -0.39 is 0 Å². The Kier molecular flexibility index (Phi) is 2.93. The second-order valence-electron chi connectivity index (χ2n) is 3.15. The van der Waals surface area contributed by atoms with E-state index in [-0.39, 0.29) is 0 Å². The smallest absolute Gasteiger partial charge is 0.0873 e. The molecule has 0 aromatic carbocycles. The van der Waals surface area contributed by atoms with Crippen molar-refractivity contribution < 1.29 is 0 Å². The molecule has 0 aliphatic carbocycles. The number of hydrogen-bond donors (Lipinski definition) is 0. The van der Waals surface area contributed by atoms with Crippen molar-refractivity contribution in [2.45, 2.75) is 12.8 Å². The van der Waals surface area contributed by atoms with Crippen LogP contribution in [0.25, 0.3) is 5.69 Å². The van der Waals surface area contributed by atoms with Crippen molar-refractivity contribution in [2.75, 3.05) is 0 Å². The van der Waals surface area contributed by atoms with Crippen LogP contribution in [0.2, 0.25) is 5.02 Å². The number of aromatic nitrogens is 3. The van der Waals surface area contributed by atoms with Crippen molar-refractivity contribution in [1.29, 1.82) is 0 Å². The lowest BCUT2D eigenvalue weighted by Crippen LogP contribution is -1.99. The van der Waals surface area contributed by atoms with Gasteiger partial charge in [0, 0.05) is 18.3 Å². The normalized spacial score (nSPS) is 10.6. The highest BCUT2D eigenvalue weighted by atomic mass is 35.5. The third-order valence-corrected chi connectivity index (χ3v) is 2.78. The van der Waals surface area contributed by atoms with Crippen LogP contribution in [0.4, 0.5) is 0 Å². The van der Waals surface area contributed by atoms with Crippen molar-refractivity contribution >= 4 is 23.2 Å². The summed E-state index contributed by atoms with van der Waals surface area (Å²) in [5, 5.41) is 4.91. The zero-order chi connectivity index (χ0) is 10.8. The SMILES string of the molecule is Cc1nn(-c2cnccc2CCl)cc1Cl. The van der Waals surface area contributed by atoms with E-state index in [1.54, 1.807) is 23.3 Å². The van der Waals surface area contributed by atoms with Gasteiger partial charge in [0.1, 0.15) is 0 Å². The first-order valence-electron chi connectivity index (χ1n) is 4.43. The molecule has 0 saturated carbocycles. The highest BCUT2D eigenvalue weighted by Gasteiger charge is 2.07. The van der Waals surface area contributed by atoms with E-state index in [4.69, 9.17) is 23.2 Å². The Labute approximate surface area is 97.7 Å². The van der Waals surface area contributed by atoms with Gasteiger partial charge >= 0.3 is 0 Å². The Balaban J connectivity index is 2.53. The van der Waals surface area contributed by atoms with Crippen LogP contribution in [-0.2, 0) is 5.88 Å². The summed E-state index contributed by atoms with van der Waals surface area (Å²) in [5.74, 6) is 0.425. The number of aryl methyl sites for hydroxylation is 1. The van der Waals surface area contributed by atoms with Gasteiger partial charge in [0.25, 0.3) is 0 Å². The molecule has 15 heavy (non-hydrogen) atoms. The molecule has 2 aromatic rings. The predicted molar refractivity (Wildman–Crippen MR) is 60.7 cm³/mol. The van der Waals surface area contributed by atoms with Crippen molar-refractivity contribution in [3.05, 3.63) is 40.9 Å². The second kappa shape index (κ2) is 4.21. The average molecular weight is 242 g/mol. The van der Waals surface area contributed by atoms with Gasteiger partial charge in [-0.3, -0.25) is 4.98 Å². The molecule has 5 heteroatoms. The van der Waals surface area contributed by atoms with Crippen molar-refractivity contribution in [1.82, 2.24) is 14.8 Å². The summed E-state index contributed by atoms with van der Waals surface area (Å²) in [7, 11) is 0. The Hall–Kier alpha value is -1.06. The van der Waals surface area contributed by atoms with E-state index in [2.05, 4.69) is 10.1 Å². The number of halogens is 2. The summed E-state index contributed by atoms with van der Waals surface area (Å²) in [4.78, 5) is 4.05. The molecule has 0 aliphatic rings. The maximum atomic E-state index is 5.94. The fourth-order valence-corrected chi connectivity index (χ4v) is 1.65. The number of alkyl halides is 1. The molecular weight excluding hydrogens is 233 g/mol. The quantitative estimate of drug-likeness (QED) is 0.758. The lowest BCUT2D eigenvalue weighted by molar-refractivity contribution is 0.848. The lowest BCUT2D eigenvalue weighted by Gasteiger charge is -2.05. The van der Waals surface area contributed by atoms with Crippen LogP contribution < -0.4 is 0 Å². The first-order valence-corrected chi connectivity index (χ1v) is 5.34. The van der Waals surface area contributed by atoms with Crippen LogP contribution in [0.5, 0.6) is 0 Å². The van der Waals surface area contributed by atoms with Gasteiger partial charge in [0.15, 0.2) is 0 Å². The van der Waals surface area contributed by atoms with Crippen LogP contribution in [0.15, 0.2) is 24.7 Å². The van der Waals surface area contributed by atoms with Gasteiger partial charge in [-0.05, 0) is 18.6 Å². The summed E-state index contributed by atoms with van der Waals surface area (Å²) < 4.78 is 1.70. The Morgan fingerprint density at radius 2 is 2.27 bits per heavy atom. The fourth-order valence-electron chi connectivity index (χ4n) is 1.30. The van der Waals surface area contributed by atoms with Gasteiger partial charge in [-0.2, -0.15) is 5.10 Å². The van der Waals surface area contributed by atoms with Crippen molar-refractivity contribution in [3.63, 3.8) is 0 Å². The maximum absolute atomic E-state index is 5.94. The van der Waals surface area contributed by atoms with E-state index >= 15 is 0 Å². The van der Waals surface area contributed by atoms with E-state index in [0.717, 1.165) is 16.9 Å². The second-order valence-corrected chi connectivity index (χ2v) is 3.82. The molecule has 0 atom stereocenters. The topological polar surface area (TPSA) is 30.7 Å². The molecule has 0 N–H and O–H groups in total. The summed E-state index contributed by atoms with van der Waals surface area (Å²) in [5.41, 5.74) is 2.63. The van der Waals surface area contributed by atoms with Crippen LogP contribution in [0.3, 0.4) is 0 Å².